The van der Waals surface area contributed by atoms with Crippen molar-refractivity contribution in [3.8, 4) is 0 Å². The normalized spacial score (nSPS) is 12.3. The van der Waals surface area contributed by atoms with Crippen molar-refractivity contribution in [1.82, 2.24) is 5.32 Å². The van der Waals surface area contributed by atoms with Gasteiger partial charge < -0.3 is 5.32 Å². The smallest absolute Gasteiger partial charge is 0.0207 e. The summed E-state index contributed by atoms with van der Waals surface area (Å²) in [5.74, 6) is 0. The fourth-order valence-corrected chi connectivity index (χ4v) is 2.02. The van der Waals surface area contributed by atoms with Crippen molar-refractivity contribution in [1.29, 1.82) is 0 Å². The van der Waals surface area contributed by atoms with Gasteiger partial charge in [-0.1, -0.05) is 60.7 Å². The van der Waals surface area contributed by atoms with Gasteiger partial charge in [-0.2, -0.15) is 0 Å². The Hall–Kier alpha value is -1.60. The Morgan fingerprint density at radius 2 is 1.39 bits per heavy atom. The Morgan fingerprint density at radius 3 is 2.00 bits per heavy atom. The summed E-state index contributed by atoms with van der Waals surface area (Å²) in [6, 6.07) is 21.8. The van der Waals surface area contributed by atoms with Crippen LogP contribution < -0.4 is 5.32 Å². The summed E-state index contributed by atoms with van der Waals surface area (Å²) < 4.78 is 0. The van der Waals surface area contributed by atoms with Crippen LogP contribution in [0.15, 0.2) is 60.7 Å². The Morgan fingerprint density at radius 1 is 0.833 bits per heavy atom. The molecular formula is C17H21N. The lowest BCUT2D eigenvalue weighted by Gasteiger charge is -2.13. The maximum atomic E-state index is 3.57. The van der Waals surface area contributed by atoms with Crippen molar-refractivity contribution in [3.63, 3.8) is 0 Å². The molecule has 2 aromatic carbocycles. The molecule has 0 aromatic heterocycles. The molecule has 0 saturated heterocycles. The minimum atomic E-state index is 0.547. The number of hydrogen-bond acceptors (Lipinski definition) is 1. The summed E-state index contributed by atoms with van der Waals surface area (Å²) in [7, 11) is 0. The van der Waals surface area contributed by atoms with Gasteiger partial charge in [0.25, 0.3) is 0 Å². The Bertz CT molecular complexity index is 392. The molecule has 0 radical (unpaired) electrons. The summed E-state index contributed by atoms with van der Waals surface area (Å²) in [5, 5.41) is 3.57. The number of rotatable bonds is 6. The lowest BCUT2D eigenvalue weighted by molar-refractivity contribution is 0.514. The predicted molar refractivity (Wildman–Crippen MR) is 77.5 cm³/mol. The Balaban J connectivity index is 1.71. The van der Waals surface area contributed by atoms with Gasteiger partial charge in [0.05, 0.1) is 0 Å². The van der Waals surface area contributed by atoms with E-state index in [0.717, 1.165) is 13.0 Å². The first-order chi connectivity index (χ1) is 8.84. The number of aryl methyl sites for hydroxylation is 1. The van der Waals surface area contributed by atoms with Crippen LogP contribution in [0.2, 0.25) is 0 Å². The van der Waals surface area contributed by atoms with Crippen LogP contribution in [-0.2, 0) is 13.0 Å². The molecule has 2 rings (SSSR count). The third-order valence-corrected chi connectivity index (χ3v) is 3.21. The predicted octanol–water partition coefficient (Wildman–Crippen LogP) is 3.80. The molecule has 0 heterocycles. The monoisotopic (exact) mass is 239 g/mol. The summed E-state index contributed by atoms with van der Waals surface area (Å²) in [6.45, 7) is 3.21. The molecule has 94 valence electrons. The van der Waals surface area contributed by atoms with Gasteiger partial charge in [-0.15, -0.1) is 0 Å². The SMILES string of the molecule is CC(CCc1ccccc1)NCc1ccccc1. The number of hydrogen-bond donors (Lipinski definition) is 1. The molecule has 18 heavy (non-hydrogen) atoms. The first kappa shape index (κ1) is 12.8. The lowest BCUT2D eigenvalue weighted by atomic mass is 10.1. The average molecular weight is 239 g/mol. The molecule has 1 unspecified atom stereocenters. The highest BCUT2D eigenvalue weighted by Crippen LogP contribution is 2.05. The third-order valence-electron chi connectivity index (χ3n) is 3.21. The molecule has 1 nitrogen and oxygen atoms in total. The maximum Gasteiger partial charge on any atom is 0.0207 e. The van der Waals surface area contributed by atoms with Gasteiger partial charge in [0, 0.05) is 12.6 Å². The van der Waals surface area contributed by atoms with Crippen molar-refractivity contribution < 1.29 is 0 Å². The zero-order valence-corrected chi connectivity index (χ0v) is 11.0. The van der Waals surface area contributed by atoms with Crippen LogP contribution in [0, 0.1) is 0 Å². The van der Waals surface area contributed by atoms with E-state index in [4.69, 9.17) is 0 Å². The van der Waals surface area contributed by atoms with E-state index in [1.807, 2.05) is 0 Å². The van der Waals surface area contributed by atoms with Gasteiger partial charge in [-0.25, -0.2) is 0 Å². The van der Waals surface area contributed by atoms with E-state index in [0.29, 0.717) is 6.04 Å². The fraction of sp³-hybridized carbons (Fsp3) is 0.294. The third kappa shape index (κ3) is 4.34. The molecule has 0 amide bonds. The second-order valence-corrected chi connectivity index (χ2v) is 4.79. The number of nitrogens with one attached hydrogen (secondary N) is 1. The summed E-state index contributed by atoms with van der Waals surface area (Å²) in [4.78, 5) is 0. The van der Waals surface area contributed by atoms with E-state index >= 15 is 0 Å². The van der Waals surface area contributed by atoms with Crippen LogP contribution in [0.3, 0.4) is 0 Å². The molecule has 0 bridgehead atoms. The van der Waals surface area contributed by atoms with E-state index in [1.165, 1.54) is 17.5 Å². The van der Waals surface area contributed by atoms with E-state index in [9.17, 15) is 0 Å². The molecule has 0 fully saturated rings. The molecule has 1 atom stereocenters. The maximum absolute atomic E-state index is 3.57. The molecule has 2 aromatic rings. The van der Waals surface area contributed by atoms with Gasteiger partial charge in [-0.05, 0) is 30.9 Å². The van der Waals surface area contributed by atoms with Crippen LogP contribution >= 0.6 is 0 Å². The van der Waals surface area contributed by atoms with Crippen LogP contribution in [0.4, 0.5) is 0 Å². The quantitative estimate of drug-likeness (QED) is 0.808. The zero-order valence-electron chi connectivity index (χ0n) is 11.0. The molecule has 0 aliphatic rings. The number of benzene rings is 2. The average Bonchev–Trinajstić information content (AvgIpc) is 2.45. The van der Waals surface area contributed by atoms with E-state index in [2.05, 4.69) is 72.9 Å². The molecule has 0 aliphatic carbocycles. The highest BCUT2D eigenvalue weighted by Gasteiger charge is 2.02. The van der Waals surface area contributed by atoms with Crippen LogP contribution in [0.1, 0.15) is 24.5 Å². The fourth-order valence-electron chi connectivity index (χ4n) is 2.02. The largest absolute Gasteiger partial charge is 0.310 e. The van der Waals surface area contributed by atoms with Gasteiger partial charge in [0.15, 0.2) is 0 Å². The molecule has 0 saturated carbocycles. The standard InChI is InChI=1S/C17H21N/c1-15(12-13-16-8-4-2-5-9-16)18-14-17-10-6-3-7-11-17/h2-11,15,18H,12-14H2,1H3. The van der Waals surface area contributed by atoms with E-state index < -0.39 is 0 Å². The van der Waals surface area contributed by atoms with E-state index in [-0.39, 0.29) is 0 Å². The Kier molecular flexibility index (Phi) is 4.98. The minimum absolute atomic E-state index is 0.547. The van der Waals surface area contributed by atoms with Gasteiger partial charge >= 0.3 is 0 Å². The first-order valence-corrected chi connectivity index (χ1v) is 6.66. The molecule has 1 heteroatoms. The van der Waals surface area contributed by atoms with Crippen molar-refractivity contribution in [2.24, 2.45) is 0 Å². The van der Waals surface area contributed by atoms with Gasteiger partial charge in [0.1, 0.15) is 0 Å². The second kappa shape index (κ2) is 6.97. The van der Waals surface area contributed by atoms with Crippen LogP contribution in [0.5, 0.6) is 0 Å². The zero-order chi connectivity index (χ0) is 12.6. The summed E-state index contributed by atoms with van der Waals surface area (Å²) in [6.07, 6.45) is 2.32. The van der Waals surface area contributed by atoms with Crippen molar-refractivity contribution in [2.75, 3.05) is 0 Å². The highest BCUT2D eigenvalue weighted by molar-refractivity contribution is 5.15. The van der Waals surface area contributed by atoms with Crippen molar-refractivity contribution in [2.45, 2.75) is 32.4 Å². The second-order valence-electron chi connectivity index (χ2n) is 4.79. The lowest BCUT2D eigenvalue weighted by Crippen LogP contribution is -2.25. The molecule has 1 N–H and O–H groups in total. The Labute approximate surface area is 110 Å². The van der Waals surface area contributed by atoms with Crippen molar-refractivity contribution in [3.05, 3.63) is 71.8 Å². The van der Waals surface area contributed by atoms with Crippen LogP contribution in [-0.4, -0.2) is 6.04 Å². The van der Waals surface area contributed by atoms with Gasteiger partial charge in [0.2, 0.25) is 0 Å². The minimum Gasteiger partial charge on any atom is -0.310 e. The highest BCUT2D eigenvalue weighted by atomic mass is 14.9. The van der Waals surface area contributed by atoms with Crippen molar-refractivity contribution >= 4 is 0 Å². The topological polar surface area (TPSA) is 12.0 Å². The molecule has 0 aliphatic heterocycles. The van der Waals surface area contributed by atoms with Crippen LogP contribution in [0.25, 0.3) is 0 Å². The summed E-state index contributed by atoms with van der Waals surface area (Å²) in [5.41, 5.74) is 2.77. The molecular weight excluding hydrogens is 218 g/mol. The van der Waals surface area contributed by atoms with Gasteiger partial charge in [-0.3, -0.25) is 0 Å². The first-order valence-electron chi connectivity index (χ1n) is 6.66. The summed E-state index contributed by atoms with van der Waals surface area (Å²) >= 11 is 0. The van der Waals surface area contributed by atoms with E-state index in [1.54, 1.807) is 0 Å². The molecule has 0 spiro atoms.